The summed E-state index contributed by atoms with van der Waals surface area (Å²) in [7, 11) is 0. The van der Waals surface area contributed by atoms with E-state index in [0.717, 1.165) is 89.1 Å². The number of hydrogen-bond donors (Lipinski definition) is 0. The van der Waals surface area contributed by atoms with E-state index < -0.39 is 11.7 Å². The minimum absolute atomic E-state index is 0.0514. The molecule has 0 amide bonds. The average Bonchev–Trinajstić information content (AvgIpc) is 3.66. The second kappa shape index (κ2) is 10.2. The molecule has 0 unspecified atom stereocenters. The molecule has 7 heteroatoms. The summed E-state index contributed by atoms with van der Waals surface area (Å²) in [6, 6.07) is 41.4. The minimum atomic E-state index is -4.43. The van der Waals surface area contributed by atoms with Crippen molar-refractivity contribution in [1.29, 1.82) is 0 Å². The predicted octanol–water partition coefficient (Wildman–Crippen LogP) is 12.6. The molecule has 248 valence electrons. The van der Waals surface area contributed by atoms with Crippen molar-refractivity contribution in [3.63, 3.8) is 0 Å². The molecule has 10 rings (SSSR count). The minimum Gasteiger partial charge on any atom is -0.310 e. The average molecular weight is 673 g/mol. The number of halogens is 3. The summed E-state index contributed by atoms with van der Waals surface area (Å²) in [4.78, 5) is 6.98. The third-order valence-electron chi connectivity index (χ3n) is 10.4. The summed E-state index contributed by atoms with van der Waals surface area (Å²) in [5.74, 6) is 0. The fraction of sp³-hybridized carbons (Fsp3) is 0.114. The fourth-order valence-electron chi connectivity index (χ4n) is 8.13. The van der Waals surface area contributed by atoms with Gasteiger partial charge in [-0.2, -0.15) is 13.2 Å². The van der Waals surface area contributed by atoms with Crippen LogP contribution in [0, 0.1) is 0 Å². The van der Waals surface area contributed by atoms with Crippen LogP contribution in [0.15, 0.2) is 134 Å². The maximum Gasteiger partial charge on any atom is 0.416 e. The number of anilines is 3. The molecule has 0 aliphatic carbocycles. The van der Waals surface area contributed by atoms with E-state index in [4.69, 9.17) is 4.98 Å². The Kier molecular flexibility index (Phi) is 5.98. The van der Waals surface area contributed by atoms with Crippen LogP contribution in [0.4, 0.5) is 30.2 Å². The van der Waals surface area contributed by atoms with Gasteiger partial charge in [-0.15, -0.1) is 0 Å². The number of hydrogen-bond acceptors (Lipinski definition) is 2. The first-order chi connectivity index (χ1) is 24.6. The Labute approximate surface area is 290 Å². The van der Waals surface area contributed by atoms with E-state index in [-0.39, 0.29) is 5.41 Å². The monoisotopic (exact) mass is 672 g/mol. The molecule has 0 atom stereocenters. The molecule has 0 fully saturated rings. The highest BCUT2D eigenvalue weighted by molar-refractivity contribution is 6.37. The van der Waals surface area contributed by atoms with Gasteiger partial charge in [0, 0.05) is 44.8 Å². The Bertz CT molecular complexity index is 2920. The van der Waals surface area contributed by atoms with Gasteiger partial charge in [0.1, 0.15) is 0 Å². The van der Waals surface area contributed by atoms with Crippen molar-refractivity contribution in [3.05, 3.63) is 145 Å². The molecule has 0 saturated carbocycles. The summed E-state index contributed by atoms with van der Waals surface area (Å²) in [6.45, 7) is 6.51. The Morgan fingerprint density at radius 1 is 0.510 bits per heavy atom. The van der Waals surface area contributed by atoms with Crippen molar-refractivity contribution in [1.82, 2.24) is 13.8 Å². The van der Waals surface area contributed by atoms with Crippen molar-refractivity contribution in [2.75, 3.05) is 4.90 Å². The van der Waals surface area contributed by atoms with Gasteiger partial charge in [-0.3, -0.25) is 4.40 Å². The molecule has 0 bridgehead atoms. The first-order valence-electron chi connectivity index (χ1n) is 17.1. The number of benzene rings is 6. The summed E-state index contributed by atoms with van der Waals surface area (Å²) in [5, 5.41) is 6.72. The van der Waals surface area contributed by atoms with Crippen LogP contribution in [0.3, 0.4) is 0 Å². The molecular weight excluding hydrogens is 642 g/mol. The topological polar surface area (TPSA) is 24.9 Å². The highest BCUT2D eigenvalue weighted by Gasteiger charge is 2.31. The van der Waals surface area contributed by atoms with Gasteiger partial charge in [0.05, 0.1) is 33.1 Å². The lowest BCUT2D eigenvalue weighted by molar-refractivity contribution is -0.137. The van der Waals surface area contributed by atoms with E-state index >= 15 is 0 Å². The maximum atomic E-state index is 13.7. The Morgan fingerprint density at radius 2 is 1.04 bits per heavy atom. The zero-order valence-electron chi connectivity index (χ0n) is 28.1. The fourth-order valence-corrected chi connectivity index (χ4v) is 8.13. The van der Waals surface area contributed by atoms with Crippen molar-refractivity contribution >= 4 is 82.6 Å². The van der Waals surface area contributed by atoms with Gasteiger partial charge in [-0.05, 0) is 94.5 Å². The lowest BCUT2D eigenvalue weighted by atomic mass is 9.87. The Hall–Kier alpha value is -6.08. The zero-order chi connectivity index (χ0) is 34.8. The van der Waals surface area contributed by atoms with Gasteiger partial charge in [0.25, 0.3) is 0 Å². The number of pyridine rings is 1. The Balaban J connectivity index is 1.34. The first kappa shape index (κ1) is 29.8. The van der Waals surface area contributed by atoms with E-state index in [9.17, 15) is 13.2 Å². The van der Waals surface area contributed by atoms with Crippen molar-refractivity contribution < 1.29 is 13.2 Å². The van der Waals surface area contributed by atoms with Crippen LogP contribution in [0.5, 0.6) is 0 Å². The number of rotatable bonds is 3. The molecule has 4 heterocycles. The molecule has 51 heavy (non-hydrogen) atoms. The van der Waals surface area contributed by atoms with Crippen molar-refractivity contribution in [2.24, 2.45) is 0 Å². The number of fused-ring (bicyclic) bond motifs is 12. The first-order valence-corrected chi connectivity index (χ1v) is 17.1. The maximum absolute atomic E-state index is 13.7. The van der Waals surface area contributed by atoms with Gasteiger partial charge in [-0.25, -0.2) is 4.98 Å². The van der Waals surface area contributed by atoms with Gasteiger partial charge >= 0.3 is 6.18 Å². The van der Waals surface area contributed by atoms with E-state index in [1.165, 1.54) is 5.56 Å². The lowest BCUT2D eigenvalue weighted by Crippen LogP contribution is -2.13. The number of aromatic nitrogens is 3. The molecule has 0 aliphatic rings. The third kappa shape index (κ3) is 4.18. The highest BCUT2D eigenvalue weighted by atomic mass is 19.4. The smallest absolute Gasteiger partial charge is 0.310 e. The second-order valence-electron chi connectivity index (χ2n) is 14.4. The van der Waals surface area contributed by atoms with Crippen LogP contribution in [0.2, 0.25) is 0 Å². The summed E-state index contributed by atoms with van der Waals surface area (Å²) >= 11 is 0. The van der Waals surface area contributed by atoms with Crippen LogP contribution in [0.25, 0.3) is 65.5 Å². The van der Waals surface area contributed by atoms with Gasteiger partial charge < -0.3 is 9.30 Å². The van der Waals surface area contributed by atoms with Crippen LogP contribution in [-0.4, -0.2) is 13.8 Å². The summed E-state index contributed by atoms with van der Waals surface area (Å²) in [5.41, 5.74) is 9.12. The third-order valence-corrected chi connectivity index (χ3v) is 10.4. The van der Waals surface area contributed by atoms with E-state index in [0.29, 0.717) is 5.69 Å². The molecule has 4 nitrogen and oxygen atoms in total. The molecule has 4 aromatic heterocycles. The Morgan fingerprint density at radius 3 is 1.67 bits per heavy atom. The molecule has 0 saturated heterocycles. The van der Waals surface area contributed by atoms with Gasteiger partial charge in [0.15, 0.2) is 5.65 Å². The molecular formula is C44H31F3N4. The summed E-state index contributed by atoms with van der Waals surface area (Å²) < 4.78 is 45.7. The summed E-state index contributed by atoms with van der Waals surface area (Å²) in [6.07, 6.45) is -2.57. The van der Waals surface area contributed by atoms with E-state index in [1.807, 2.05) is 12.3 Å². The normalized spacial score (nSPS) is 12.9. The largest absolute Gasteiger partial charge is 0.416 e. The van der Waals surface area contributed by atoms with Crippen molar-refractivity contribution in [2.45, 2.75) is 32.4 Å². The van der Waals surface area contributed by atoms with Crippen LogP contribution in [0.1, 0.15) is 31.9 Å². The van der Waals surface area contributed by atoms with Crippen LogP contribution >= 0.6 is 0 Å². The predicted molar refractivity (Wildman–Crippen MR) is 203 cm³/mol. The van der Waals surface area contributed by atoms with Crippen LogP contribution in [-0.2, 0) is 11.6 Å². The molecule has 0 N–H and O–H groups in total. The van der Waals surface area contributed by atoms with Crippen molar-refractivity contribution in [3.8, 4) is 0 Å². The molecule has 6 aromatic carbocycles. The molecule has 0 radical (unpaired) electrons. The van der Waals surface area contributed by atoms with Gasteiger partial charge in [-0.1, -0.05) is 75.4 Å². The van der Waals surface area contributed by atoms with Gasteiger partial charge in [0.2, 0.25) is 0 Å². The number of para-hydroxylation sites is 2. The number of alkyl halides is 3. The molecule has 10 aromatic rings. The standard InChI is InChI=1S/C44H31F3N4/c1-43(2,3)26-14-18-28(19-15-26)49(29-20-16-27(17-21-29)44(45,46)47)30-22-23-31-34(25-30)39-32-9-4-6-11-35(32)50-37-13-8-24-48-42(37)51-36-12-7-5-10-33(36)38(31)41(51)40(39)50/h4-25H,1-3H3. The van der Waals surface area contributed by atoms with Crippen LogP contribution < -0.4 is 4.90 Å². The SMILES string of the molecule is CC(C)(C)c1ccc(N(c2ccc(C(F)(F)F)cc2)c2ccc3c(c2)c2c4ccccc4n4c5cccnc5n5c6ccccc6c3c5c24)cc1. The molecule has 0 spiro atoms. The van der Waals surface area contributed by atoms with E-state index in [2.05, 4.69) is 132 Å². The highest BCUT2D eigenvalue weighted by Crippen LogP contribution is 2.48. The number of nitrogens with zero attached hydrogens (tertiary/aromatic N) is 4. The molecule has 0 aliphatic heterocycles. The lowest BCUT2D eigenvalue weighted by Gasteiger charge is -2.27. The quantitative estimate of drug-likeness (QED) is 0.175. The second-order valence-corrected chi connectivity index (χ2v) is 14.4. The zero-order valence-corrected chi connectivity index (χ0v) is 28.1. The van der Waals surface area contributed by atoms with E-state index in [1.54, 1.807) is 12.1 Å².